The molecule has 1 aromatic rings. The van der Waals surface area contributed by atoms with Gasteiger partial charge in [-0.25, -0.2) is 0 Å². The molecule has 0 fully saturated rings. The SMILES string of the molecule is COC(=O)[C@@H]1C(O)=C(C=Nc2ccc(N=CC3=C(O)[C@@H](C(=O)OC)C(C)(C)CC3=O)cc2)C(=O)CC1(C)C. The van der Waals surface area contributed by atoms with Gasteiger partial charge in [0.05, 0.1) is 36.7 Å². The van der Waals surface area contributed by atoms with Gasteiger partial charge in [-0.1, -0.05) is 27.7 Å². The predicted molar refractivity (Wildman–Crippen MR) is 140 cm³/mol. The minimum atomic E-state index is -0.985. The molecule has 0 bridgehead atoms. The first-order valence-electron chi connectivity index (χ1n) is 12.0. The molecule has 0 aromatic heterocycles. The lowest BCUT2D eigenvalue weighted by atomic mass is 9.68. The maximum Gasteiger partial charge on any atom is 0.316 e. The predicted octanol–water partition coefficient (Wildman–Crippen LogP) is 4.29. The molecule has 3 rings (SSSR count). The van der Waals surface area contributed by atoms with Crippen LogP contribution in [0.1, 0.15) is 40.5 Å². The Morgan fingerprint density at radius 3 is 1.37 bits per heavy atom. The van der Waals surface area contributed by atoms with E-state index < -0.39 is 34.6 Å². The molecule has 0 saturated carbocycles. The van der Waals surface area contributed by atoms with Crippen molar-refractivity contribution in [3.8, 4) is 0 Å². The van der Waals surface area contributed by atoms with E-state index >= 15 is 0 Å². The number of allylic oxidation sites excluding steroid dienone is 2. The molecule has 2 N–H and O–H groups in total. The van der Waals surface area contributed by atoms with Gasteiger partial charge in [-0.3, -0.25) is 29.2 Å². The lowest BCUT2D eigenvalue weighted by Gasteiger charge is -2.35. The van der Waals surface area contributed by atoms with Crippen molar-refractivity contribution in [2.24, 2.45) is 32.7 Å². The number of methoxy groups -OCH3 is 2. The van der Waals surface area contributed by atoms with Gasteiger partial charge in [0.1, 0.15) is 23.4 Å². The van der Waals surface area contributed by atoms with E-state index in [1.807, 2.05) is 0 Å². The van der Waals surface area contributed by atoms with Crippen LogP contribution in [0.3, 0.4) is 0 Å². The number of esters is 2. The van der Waals surface area contributed by atoms with E-state index in [9.17, 15) is 29.4 Å². The number of ketones is 2. The van der Waals surface area contributed by atoms with Crippen molar-refractivity contribution in [1.29, 1.82) is 0 Å². The topological polar surface area (TPSA) is 152 Å². The van der Waals surface area contributed by atoms with Crippen LogP contribution in [0.5, 0.6) is 0 Å². The molecule has 202 valence electrons. The fourth-order valence-electron chi connectivity index (χ4n) is 4.84. The fraction of sp³-hybridized carbons (Fsp3) is 0.429. The second-order valence-corrected chi connectivity index (χ2v) is 10.7. The molecule has 10 heteroatoms. The molecule has 10 nitrogen and oxygen atoms in total. The molecule has 0 heterocycles. The Bertz CT molecular complexity index is 1180. The van der Waals surface area contributed by atoms with Crippen LogP contribution in [0.15, 0.2) is 56.9 Å². The number of rotatable bonds is 6. The molecule has 0 spiro atoms. The van der Waals surface area contributed by atoms with E-state index in [0.717, 1.165) is 0 Å². The van der Waals surface area contributed by atoms with Gasteiger partial charge in [0, 0.05) is 25.3 Å². The number of carbonyl (C=O) groups excluding carboxylic acids is 4. The average Bonchev–Trinajstić information content (AvgIpc) is 2.82. The van der Waals surface area contributed by atoms with Crippen LogP contribution >= 0.6 is 0 Å². The minimum absolute atomic E-state index is 0.0429. The van der Waals surface area contributed by atoms with E-state index in [-0.39, 0.29) is 47.1 Å². The Hall–Kier alpha value is -4.08. The van der Waals surface area contributed by atoms with Gasteiger partial charge in [-0.2, -0.15) is 0 Å². The molecular formula is C28H32N2O8. The summed E-state index contributed by atoms with van der Waals surface area (Å²) >= 11 is 0. The number of aliphatic imine (C=N–C) groups is 2. The summed E-state index contributed by atoms with van der Waals surface area (Å²) in [6.07, 6.45) is 2.53. The highest BCUT2D eigenvalue weighted by molar-refractivity contribution is 6.16. The number of carbonyl (C=O) groups is 4. The van der Waals surface area contributed by atoms with E-state index in [1.54, 1.807) is 52.0 Å². The first-order valence-corrected chi connectivity index (χ1v) is 12.0. The van der Waals surface area contributed by atoms with Crippen molar-refractivity contribution < 1.29 is 38.9 Å². The number of aliphatic hydroxyl groups excluding tert-OH is 2. The van der Waals surface area contributed by atoms with Gasteiger partial charge in [-0.05, 0) is 35.1 Å². The van der Waals surface area contributed by atoms with Crippen LogP contribution in [0.2, 0.25) is 0 Å². The van der Waals surface area contributed by atoms with E-state index in [1.165, 1.54) is 26.6 Å². The molecule has 0 aliphatic heterocycles. The monoisotopic (exact) mass is 524 g/mol. The highest BCUT2D eigenvalue weighted by Gasteiger charge is 2.47. The van der Waals surface area contributed by atoms with Crippen LogP contribution in [-0.2, 0) is 28.7 Å². The van der Waals surface area contributed by atoms with Gasteiger partial charge >= 0.3 is 11.9 Å². The molecular weight excluding hydrogens is 492 g/mol. The number of aliphatic hydroxyl groups is 2. The van der Waals surface area contributed by atoms with Crippen molar-refractivity contribution in [2.75, 3.05) is 14.2 Å². The number of nitrogens with zero attached hydrogens (tertiary/aromatic N) is 2. The summed E-state index contributed by atoms with van der Waals surface area (Å²) < 4.78 is 9.61. The molecule has 38 heavy (non-hydrogen) atoms. The van der Waals surface area contributed by atoms with E-state index in [4.69, 9.17) is 9.47 Å². The van der Waals surface area contributed by atoms with E-state index in [0.29, 0.717) is 11.4 Å². The Balaban J connectivity index is 1.83. The average molecular weight is 525 g/mol. The quantitative estimate of drug-likeness (QED) is 0.413. The summed E-state index contributed by atoms with van der Waals surface area (Å²) in [5.41, 5.74) is -0.825. The number of benzene rings is 1. The highest BCUT2D eigenvalue weighted by atomic mass is 16.5. The summed E-state index contributed by atoms with van der Waals surface area (Å²) in [6, 6.07) is 6.42. The lowest BCUT2D eigenvalue weighted by Crippen LogP contribution is -2.40. The van der Waals surface area contributed by atoms with Gasteiger partial charge in [-0.15, -0.1) is 0 Å². The zero-order valence-corrected chi connectivity index (χ0v) is 22.3. The lowest BCUT2D eigenvalue weighted by molar-refractivity contribution is -0.151. The number of ether oxygens (including phenoxy) is 2. The molecule has 2 aliphatic rings. The molecule has 0 saturated heterocycles. The Morgan fingerprint density at radius 2 is 1.08 bits per heavy atom. The van der Waals surface area contributed by atoms with Crippen molar-refractivity contribution in [3.05, 3.63) is 46.9 Å². The Labute approximate surface area is 220 Å². The number of hydrogen-bond donors (Lipinski definition) is 2. The van der Waals surface area contributed by atoms with Gasteiger partial charge in [0.15, 0.2) is 11.6 Å². The third-order valence-electron chi connectivity index (χ3n) is 6.90. The van der Waals surface area contributed by atoms with Crippen LogP contribution in [0.4, 0.5) is 11.4 Å². The van der Waals surface area contributed by atoms with E-state index in [2.05, 4.69) is 9.98 Å². The second kappa shape index (κ2) is 10.7. The fourth-order valence-corrected chi connectivity index (χ4v) is 4.84. The van der Waals surface area contributed by atoms with Crippen molar-refractivity contribution >= 4 is 47.3 Å². The minimum Gasteiger partial charge on any atom is -0.511 e. The largest absolute Gasteiger partial charge is 0.511 e. The highest BCUT2D eigenvalue weighted by Crippen LogP contribution is 2.43. The molecule has 1 aromatic carbocycles. The second-order valence-electron chi connectivity index (χ2n) is 10.7. The standard InChI is InChI=1S/C28H32N2O8/c1-27(2)11-19(31)17(23(33)21(27)25(35)37-5)13-29-15-7-9-16(10-8-15)30-14-18-20(32)12-28(3,4)22(24(18)34)26(36)38-6/h7-10,13-14,21-22,33-34H,11-12H2,1-6H3/t21-,22-/m0/s1. The Kier molecular flexibility index (Phi) is 8.04. The third kappa shape index (κ3) is 5.58. The summed E-state index contributed by atoms with van der Waals surface area (Å²) in [5, 5.41) is 21.3. The first kappa shape index (κ1) is 28.5. The van der Waals surface area contributed by atoms with Crippen LogP contribution in [0, 0.1) is 22.7 Å². The number of hydrogen-bond acceptors (Lipinski definition) is 10. The van der Waals surface area contributed by atoms with Crippen LogP contribution < -0.4 is 0 Å². The molecule has 0 radical (unpaired) electrons. The summed E-state index contributed by atoms with van der Waals surface area (Å²) in [4.78, 5) is 58.1. The molecule has 0 amide bonds. The normalized spacial score (nSPS) is 23.3. The zero-order chi connectivity index (χ0) is 28.4. The molecule has 2 aliphatic carbocycles. The summed E-state index contributed by atoms with van der Waals surface area (Å²) in [6.45, 7) is 6.85. The summed E-state index contributed by atoms with van der Waals surface area (Å²) in [5.74, 6) is -4.66. The molecule has 2 atom stereocenters. The van der Waals surface area contributed by atoms with Crippen molar-refractivity contribution in [2.45, 2.75) is 40.5 Å². The third-order valence-corrected chi connectivity index (χ3v) is 6.90. The van der Waals surface area contributed by atoms with Gasteiger partial charge in [0.25, 0.3) is 0 Å². The van der Waals surface area contributed by atoms with Crippen LogP contribution in [-0.4, -0.2) is 60.4 Å². The zero-order valence-electron chi connectivity index (χ0n) is 22.3. The maximum atomic E-state index is 12.6. The first-order chi connectivity index (χ1) is 17.7. The van der Waals surface area contributed by atoms with Gasteiger partial charge in [0.2, 0.25) is 0 Å². The van der Waals surface area contributed by atoms with Crippen molar-refractivity contribution in [1.82, 2.24) is 0 Å². The Morgan fingerprint density at radius 1 is 0.763 bits per heavy atom. The summed E-state index contributed by atoms with van der Waals surface area (Å²) in [7, 11) is 2.44. The van der Waals surface area contributed by atoms with Gasteiger partial charge < -0.3 is 19.7 Å². The van der Waals surface area contributed by atoms with Crippen LogP contribution in [0.25, 0.3) is 0 Å². The smallest absolute Gasteiger partial charge is 0.316 e. The number of Topliss-reactive ketones (excluding diaryl/α,β-unsaturated/α-hetero) is 2. The maximum absolute atomic E-state index is 12.6. The molecule has 0 unspecified atom stereocenters. The van der Waals surface area contributed by atoms with Crippen molar-refractivity contribution in [3.63, 3.8) is 0 Å².